The van der Waals surface area contributed by atoms with Crippen molar-refractivity contribution in [1.82, 2.24) is 4.90 Å². The number of hydrogen-bond donors (Lipinski definition) is 2. The predicted molar refractivity (Wildman–Crippen MR) is 74.0 cm³/mol. The molecule has 1 atom stereocenters. The zero-order chi connectivity index (χ0) is 13.7. The summed E-state index contributed by atoms with van der Waals surface area (Å²) in [6, 6.07) is 5.97. The summed E-state index contributed by atoms with van der Waals surface area (Å²) < 4.78 is 5.40. The molecule has 0 heterocycles. The van der Waals surface area contributed by atoms with Crippen molar-refractivity contribution >= 4 is 0 Å². The SMILES string of the molecule is CCOc1cc(C(CN)N(C)C(C)C)ccc1O. The maximum Gasteiger partial charge on any atom is 0.161 e. The van der Waals surface area contributed by atoms with Gasteiger partial charge in [-0.05, 0) is 45.5 Å². The van der Waals surface area contributed by atoms with E-state index in [0.29, 0.717) is 24.9 Å². The number of rotatable bonds is 6. The van der Waals surface area contributed by atoms with Crippen molar-refractivity contribution < 1.29 is 9.84 Å². The first-order chi connectivity index (χ1) is 8.51. The van der Waals surface area contributed by atoms with Crippen molar-refractivity contribution in [2.24, 2.45) is 5.73 Å². The summed E-state index contributed by atoms with van der Waals surface area (Å²) in [5.74, 6) is 0.689. The smallest absolute Gasteiger partial charge is 0.161 e. The molecule has 0 aliphatic carbocycles. The lowest BCUT2D eigenvalue weighted by atomic mass is 10.0. The van der Waals surface area contributed by atoms with Crippen molar-refractivity contribution in [2.75, 3.05) is 20.2 Å². The quantitative estimate of drug-likeness (QED) is 0.814. The molecule has 18 heavy (non-hydrogen) atoms. The minimum absolute atomic E-state index is 0.129. The van der Waals surface area contributed by atoms with Gasteiger partial charge in [0.05, 0.1) is 6.61 Å². The van der Waals surface area contributed by atoms with Gasteiger partial charge in [0.1, 0.15) is 0 Å². The van der Waals surface area contributed by atoms with E-state index in [0.717, 1.165) is 5.56 Å². The Morgan fingerprint density at radius 2 is 2.06 bits per heavy atom. The van der Waals surface area contributed by atoms with Crippen LogP contribution in [-0.2, 0) is 0 Å². The van der Waals surface area contributed by atoms with Gasteiger partial charge in [0.25, 0.3) is 0 Å². The van der Waals surface area contributed by atoms with Crippen LogP contribution in [0.5, 0.6) is 11.5 Å². The molecule has 102 valence electrons. The molecular formula is C14H24N2O2. The van der Waals surface area contributed by atoms with Crippen molar-refractivity contribution in [3.05, 3.63) is 23.8 Å². The van der Waals surface area contributed by atoms with Crippen molar-refractivity contribution in [1.29, 1.82) is 0 Å². The molecule has 0 saturated heterocycles. The van der Waals surface area contributed by atoms with Crippen LogP contribution in [0.15, 0.2) is 18.2 Å². The molecule has 1 aromatic rings. The molecule has 1 rings (SSSR count). The Morgan fingerprint density at radius 1 is 1.39 bits per heavy atom. The van der Waals surface area contributed by atoms with E-state index in [4.69, 9.17) is 10.5 Å². The lowest BCUT2D eigenvalue weighted by Crippen LogP contribution is -2.35. The Kier molecular flexibility index (Phi) is 5.44. The standard InChI is InChI=1S/C14H24N2O2/c1-5-18-14-8-11(6-7-13(14)17)12(9-15)16(4)10(2)3/h6-8,10,12,17H,5,9,15H2,1-4H3. The average molecular weight is 252 g/mol. The molecule has 0 aromatic heterocycles. The van der Waals surface area contributed by atoms with Gasteiger partial charge in [0.15, 0.2) is 11.5 Å². The van der Waals surface area contributed by atoms with Crippen LogP contribution in [0, 0.1) is 0 Å². The molecule has 1 unspecified atom stereocenters. The molecule has 0 spiro atoms. The fraction of sp³-hybridized carbons (Fsp3) is 0.571. The van der Waals surface area contributed by atoms with E-state index in [1.165, 1.54) is 0 Å². The summed E-state index contributed by atoms with van der Waals surface area (Å²) in [6.45, 7) is 7.22. The van der Waals surface area contributed by atoms with E-state index >= 15 is 0 Å². The zero-order valence-electron chi connectivity index (χ0n) is 11.7. The number of phenols is 1. The minimum atomic E-state index is 0.129. The molecule has 4 nitrogen and oxygen atoms in total. The summed E-state index contributed by atoms with van der Waals surface area (Å²) in [5, 5.41) is 9.70. The summed E-state index contributed by atoms with van der Waals surface area (Å²) in [4.78, 5) is 2.21. The fourth-order valence-corrected chi connectivity index (χ4v) is 1.91. The highest BCUT2D eigenvalue weighted by molar-refractivity contribution is 5.42. The normalized spacial score (nSPS) is 13.1. The molecule has 0 aliphatic rings. The molecule has 0 radical (unpaired) electrons. The Morgan fingerprint density at radius 3 is 2.56 bits per heavy atom. The highest BCUT2D eigenvalue weighted by Gasteiger charge is 2.19. The second-order valence-corrected chi connectivity index (χ2v) is 4.67. The lowest BCUT2D eigenvalue weighted by molar-refractivity contribution is 0.200. The van der Waals surface area contributed by atoms with Crippen LogP contribution in [0.4, 0.5) is 0 Å². The van der Waals surface area contributed by atoms with Crippen LogP contribution < -0.4 is 10.5 Å². The number of ether oxygens (including phenoxy) is 1. The van der Waals surface area contributed by atoms with Crippen molar-refractivity contribution in [2.45, 2.75) is 32.9 Å². The van der Waals surface area contributed by atoms with E-state index in [1.807, 2.05) is 19.1 Å². The third-order valence-corrected chi connectivity index (χ3v) is 3.20. The van der Waals surface area contributed by atoms with E-state index < -0.39 is 0 Å². The van der Waals surface area contributed by atoms with Crippen LogP contribution >= 0.6 is 0 Å². The molecule has 4 heteroatoms. The van der Waals surface area contributed by atoms with Crippen LogP contribution in [-0.4, -0.2) is 36.2 Å². The van der Waals surface area contributed by atoms with E-state index in [2.05, 4.69) is 25.8 Å². The Bertz CT molecular complexity index is 380. The first-order valence-electron chi connectivity index (χ1n) is 6.39. The maximum absolute atomic E-state index is 9.70. The van der Waals surface area contributed by atoms with Crippen LogP contribution in [0.3, 0.4) is 0 Å². The second-order valence-electron chi connectivity index (χ2n) is 4.67. The molecule has 0 amide bonds. The van der Waals surface area contributed by atoms with Gasteiger partial charge < -0.3 is 15.6 Å². The molecule has 1 aromatic carbocycles. The van der Waals surface area contributed by atoms with Gasteiger partial charge in [-0.15, -0.1) is 0 Å². The third-order valence-electron chi connectivity index (χ3n) is 3.20. The summed E-state index contributed by atoms with van der Waals surface area (Å²) in [7, 11) is 2.05. The number of aromatic hydroxyl groups is 1. The number of nitrogens with two attached hydrogens (primary N) is 1. The lowest BCUT2D eigenvalue weighted by Gasteiger charge is -2.31. The molecule has 0 aliphatic heterocycles. The van der Waals surface area contributed by atoms with Gasteiger partial charge in [0.2, 0.25) is 0 Å². The molecular weight excluding hydrogens is 228 g/mol. The Balaban J connectivity index is 3.02. The second kappa shape index (κ2) is 6.61. The molecule has 0 saturated carbocycles. The number of hydrogen-bond acceptors (Lipinski definition) is 4. The monoisotopic (exact) mass is 252 g/mol. The summed E-state index contributed by atoms with van der Waals surface area (Å²) in [5.41, 5.74) is 6.93. The van der Waals surface area contributed by atoms with Crippen LogP contribution in [0.25, 0.3) is 0 Å². The summed E-state index contributed by atoms with van der Waals surface area (Å²) >= 11 is 0. The maximum atomic E-state index is 9.70. The largest absolute Gasteiger partial charge is 0.504 e. The van der Waals surface area contributed by atoms with E-state index in [9.17, 15) is 5.11 Å². The molecule has 0 bridgehead atoms. The first kappa shape index (κ1) is 14.8. The van der Waals surface area contributed by atoms with E-state index in [-0.39, 0.29) is 11.8 Å². The van der Waals surface area contributed by atoms with Crippen molar-refractivity contribution in [3.8, 4) is 11.5 Å². The van der Waals surface area contributed by atoms with Gasteiger partial charge in [-0.2, -0.15) is 0 Å². The number of nitrogens with zero attached hydrogens (tertiary/aromatic N) is 1. The van der Waals surface area contributed by atoms with Crippen LogP contribution in [0.2, 0.25) is 0 Å². The topological polar surface area (TPSA) is 58.7 Å². The molecule has 0 fully saturated rings. The highest BCUT2D eigenvalue weighted by atomic mass is 16.5. The van der Waals surface area contributed by atoms with Gasteiger partial charge in [-0.3, -0.25) is 4.90 Å². The van der Waals surface area contributed by atoms with Gasteiger partial charge >= 0.3 is 0 Å². The zero-order valence-corrected chi connectivity index (χ0v) is 11.7. The van der Waals surface area contributed by atoms with Gasteiger partial charge in [-0.1, -0.05) is 6.07 Å². The minimum Gasteiger partial charge on any atom is -0.504 e. The third kappa shape index (κ3) is 3.37. The molecule has 3 N–H and O–H groups in total. The number of phenolic OH excluding ortho intramolecular Hbond substituents is 1. The number of benzene rings is 1. The summed E-state index contributed by atoms with van der Waals surface area (Å²) in [6.07, 6.45) is 0. The highest BCUT2D eigenvalue weighted by Crippen LogP contribution is 2.31. The van der Waals surface area contributed by atoms with Crippen molar-refractivity contribution in [3.63, 3.8) is 0 Å². The number of likely N-dealkylation sites (N-methyl/N-ethyl adjacent to an activating group) is 1. The first-order valence-corrected chi connectivity index (χ1v) is 6.39. The van der Waals surface area contributed by atoms with Crippen LogP contribution in [0.1, 0.15) is 32.4 Å². The Hall–Kier alpha value is -1.26. The Labute approximate surface area is 109 Å². The van der Waals surface area contributed by atoms with Gasteiger partial charge in [-0.25, -0.2) is 0 Å². The predicted octanol–water partition coefficient (Wildman–Crippen LogP) is 2.13. The van der Waals surface area contributed by atoms with Gasteiger partial charge in [0, 0.05) is 18.6 Å². The average Bonchev–Trinajstić information content (AvgIpc) is 2.34. The fourth-order valence-electron chi connectivity index (χ4n) is 1.91. The van der Waals surface area contributed by atoms with E-state index in [1.54, 1.807) is 6.07 Å².